The van der Waals surface area contributed by atoms with Gasteiger partial charge in [0.25, 0.3) is 0 Å². The number of hydrogen-bond donors (Lipinski definition) is 2. The molecule has 0 saturated carbocycles. The number of rotatable bonds is 10. The lowest BCUT2D eigenvalue weighted by atomic mass is 10.1. The molecule has 9 heteroatoms. The van der Waals surface area contributed by atoms with Gasteiger partial charge in [-0.3, -0.25) is 9.59 Å². The van der Waals surface area contributed by atoms with Crippen molar-refractivity contribution < 1.29 is 22.4 Å². The number of sulfonamides is 1. The molecule has 0 saturated heterocycles. The Balaban J connectivity index is 1.86. The van der Waals surface area contributed by atoms with Gasteiger partial charge in [0.2, 0.25) is 15.9 Å². The van der Waals surface area contributed by atoms with Crippen LogP contribution in [-0.2, 0) is 14.8 Å². The number of benzene rings is 2. The van der Waals surface area contributed by atoms with Crippen molar-refractivity contribution in [3.8, 4) is 0 Å². The van der Waals surface area contributed by atoms with Gasteiger partial charge in [0.1, 0.15) is 5.82 Å². The zero-order valence-corrected chi connectivity index (χ0v) is 18.0. The second-order valence-electron chi connectivity index (χ2n) is 7.06. The Morgan fingerprint density at radius 1 is 1.03 bits per heavy atom. The smallest absolute Gasteiger partial charge is 0.240 e. The van der Waals surface area contributed by atoms with E-state index in [9.17, 15) is 22.4 Å². The maximum Gasteiger partial charge on any atom is 0.240 e. The normalized spacial score (nSPS) is 12.6. The van der Waals surface area contributed by atoms with E-state index in [1.165, 1.54) is 43.3 Å². The van der Waals surface area contributed by atoms with Crippen LogP contribution >= 0.6 is 0 Å². The number of hydrogen-bond acceptors (Lipinski definition) is 5. The highest BCUT2D eigenvalue weighted by Gasteiger charge is 2.17. The van der Waals surface area contributed by atoms with E-state index in [4.69, 9.17) is 0 Å². The molecule has 0 aliphatic carbocycles. The summed E-state index contributed by atoms with van der Waals surface area (Å²) in [5.74, 6) is -0.789. The molecule has 2 aromatic rings. The van der Waals surface area contributed by atoms with Gasteiger partial charge in [-0.15, -0.1) is 0 Å². The Morgan fingerprint density at radius 2 is 1.63 bits per heavy atom. The minimum Gasteiger partial charge on any atom is -0.354 e. The van der Waals surface area contributed by atoms with Gasteiger partial charge >= 0.3 is 0 Å². The quantitative estimate of drug-likeness (QED) is 0.558. The fraction of sp³-hybridized carbons (Fsp3) is 0.333. The third-order valence-electron chi connectivity index (χ3n) is 4.59. The van der Waals surface area contributed by atoms with E-state index in [1.54, 1.807) is 12.1 Å². The van der Waals surface area contributed by atoms with Gasteiger partial charge in [0.05, 0.1) is 10.9 Å². The van der Waals surface area contributed by atoms with Crippen LogP contribution in [0.2, 0.25) is 0 Å². The molecule has 2 N–H and O–H groups in total. The van der Waals surface area contributed by atoms with E-state index in [-0.39, 0.29) is 41.4 Å². The minimum absolute atomic E-state index is 0.0249. The van der Waals surface area contributed by atoms with Crippen LogP contribution in [0.3, 0.4) is 0 Å². The van der Waals surface area contributed by atoms with Crippen LogP contribution in [0.25, 0.3) is 0 Å². The minimum atomic E-state index is -3.78. The van der Waals surface area contributed by atoms with Crippen molar-refractivity contribution in [3.05, 3.63) is 65.5 Å². The topological polar surface area (TPSA) is 95.6 Å². The van der Waals surface area contributed by atoms with Crippen LogP contribution in [0.1, 0.15) is 35.3 Å². The maximum atomic E-state index is 13.1. The molecule has 0 spiro atoms. The Bertz CT molecular complexity index is 974. The summed E-state index contributed by atoms with van der Waals surface area (Å²) in [5.41, 5.74) is 1.28. The summed E-state index contributed by atoms with van der Waals surface area (Å²) in [6.45, 7) is 1.64. The molecule has 0 aromatic heterocycles. The van der Waals surface area contributed by atoms with Crippen molar-refractivity contribution in [2.75, 3.05) is 27.2 Å². The summed E-state index contributed by atoms with van der Waals surface area (Å²) >= 11 is 0. The molecule has 0 aliphatic rings. The Hall–Kier alpha value is -2.62. The molecule has 0 radical (unpaired) electrons. The third-order valence-corrected chi connectivity index (χ3v) is 6.06. The average molecular weight is 436 g/mol. The molecule has 2 rings (SSSR count). The number of halogens is 1. The number of nitrogens with zero attached hydrogens (tertiary/aromatic N) is 1. The molecule has 2 aromatic carbocycles. The van der Waals surface area contributed by atoms with Crippen LogP contribution < -0.4 is 10.0 Å². The molecule has 0 bridgehead atoms. The lowest BCUT2D eigenvalue weighted by Crippen LogP contribution is -2.36. The average Bonchev–Trinajstić information content (AvgIpc) is 2.69. The summed E-state index contributed by atoms with van der Waals surface area (Å²) in [6, 6.07) is 11.5. The van der Waals surface area contributed by atoms with E-state index in [2.05, 4.69) is 10.0 Å². The summed E-state index contributed by atoms with van der Waals surface area (Å²) < 4.78 is 40.1. The van der Waals surface area contributed by atoms with Crippen molar-refractivity contribution in [3.63, 3.8) is 0 Å². The summed E-state index contributed by atoms with van der Waals surface area (Å²) in [4.78, 5) is 25.3. The van der Waals surface area contributed by atoms with Gasteiger partial charge < -0.3 is 10.2 Å². The lowest BCUT2D eigenvalue weighted by molar-refractivity contribution is -0.121. The van der Waals surface area contributed by atoms with Gasteiger partial charge in [0, 0.05) is 25.1 Å². The first-order chi connectivity index (χ1) is 14.1. The number of Topliss-reactive ketones (excluding diaryl/α,β-unsaturated/α-hetero) is 1. The highest BCUT2D eigenvalue weighted by Crippen LogP contribution is 2.17. The predicted octanol–water partition coefficient (Wildman–Crippen LogP) is 2.12. The van der Waals surface area contributed by atoms with Crippen molar-refractivity contribution in [2.24, 2.45) is 0 Å². The molecular formula is C21H26FN3O4S. The van der Waals surface area contributed by atoms with Gasteiger partial charge in [-0.05, 0) is 50.8 Å². The fourth-order valence-corrected chi connectivity index (χ4v) is 3.87. The SMILES string of the molecule is CC(=O)c1ccc(S(=O)(=O)NCCC(=O)NCC(c2ccc(F)cc2)N(C)C)cc1. The van der Waals surface area contributed by atoms with Gasteiger partial charge in [-0.2, -0.15) is 0 Å². The molecule has 1 unspecified atom stereocenters. The highest BCUT2D eigenvalue weighted by atomic mass is 32.2. The third kappa shape index (κ3) is 6.72. The monoisotopic (exact) mass is 435 g/mol. The van der Waals surface area contributed by atoms with Crippen molar-refractivity contribution in [1.29, 1.82) is 0 Å². The summed E-state index contributed by atoms with van der Waals surface area (Å²) in [5, 5.41) is 2.78. The predicted molar refractivity (Wildman–Crippen MR) is 112 cm³/mol. The molecule has 0 aliphatic heterocycles. The largest absolute Gasteiger partial charge is 0.354 e. The second kappa shape index (κ2) is 10.4. The van der Waals surface area contributed by atoms with Gasteiger partial charge in [0.15, 0.2) is 5.78 Å². The van der Waals surface area contributed by atoms with Gasteiger partial charge in [-0.25, -0.2) is 17.5 Å². The molecule has 7 nitrogen and oxygen atoms in total. The Kier molecular flexibility index (Phi) is 8.22. The lowest BCUT2D eigenvalue weighted by Gasteiger charge is -2.25. The standard InChI is InChI=1S/C21H26FN3O4S/c1-15(26)16-6-10-19(11-7-16)30(28,29)24-13-12-21(27)23-14-20(25(2)3)17-4-8-18(22)9-5-17/h4-11,20,24H,12-14H2,1-3H3,(H,23,27). The highest BCUT2D eigenvalue weighted by molar-refractivity contribution is 7.89. The summed E-state index contributed by atoms with van der Waals surface area (Å²) in [6.07, 6.45) is -0.0334. The maximum absolute atomic E-state index is 13.1. The van der Waals surface area contributed by atoms with E-state index in [0.717, 1.165) is 5.56 Å². The molecular weight excluding hydrogens is 409 g/mol. The number of nitrogens with one attached hydrogen (secondary N) is 2. The van der Waals surface area contributed by atoms with Crippen LogP contribution in [0, 0.1) is 5.82 Å². The molecule has 1 amide bonds. The van der Waals surface area contributed by atoms with Crippen molar-refractivity contribution >= 4 is 21.7 Å². The zero-order chi connectivity index (χ0) is 22.3. The fourth-order valence-electron chi connectivity index (χ4n) is 2.83. The number of carbonyl (C=O) groups excluding carboxylic acids is 2. The van der Waals surface area contributed by atoms with E-state index >= 15 is 0 Å². The Morgan fingerprint density at radius 3 is 2.17 bits per heavy atom. The molecule has 1 atom stereocenters. The van der Waals surface area contributed by atoms with E-state index in [1.807, 2.05) is 19.0 Å². The zero-order valence-electron chi connectivity index (χ0n) is 17.2. The number of carbonyl (C=O) groups is 2. The number of amides is 1. The van der Waals surface area contributed by atoms with Crippen molar-refractivity contribution in [1.82, 2.24) is 14.9 Å². The van der Waals surface area contributed by atoms with Gasteiger partial charge in [-0.1, -0.05) is 24.3 Å². The Labute approximate surface area is 176 Å². The molecule has 30 heavy (non-hydrogen) atoms. The first-order valence-corrected chi connectivity index (χ1v) is 10.9. The second-order valence-corrected chi connectivity index (χ2v) is 8.83. The van der Waals surface area contributed by atoms with Crippen LogP contribution in [-0.4, -0.2) is 52.2 Å². The summed E-state index contributed by atoms with van der Waals surface area (Å²) in [7, 11) is -0.0695. The van der Waals surface area contributed by atoms with E-state index < -0.39 is 10.0 Å². The molecule has 0 heterocycles. The number of ketones is 1. The van der Waals surface area contributed by atoms with Crippen molar-refractivity contribution in [2.45, 2.75) is 24.3 Å². The van der Waals surface area contributed by atoms with Crippen LogP contribution in [0.4, 0.5) is 4.39 Å². The van der Waals surface area contributed by atoms with Crippen LogP contribution in [0.15, 0.2) is 53.4 Å². The van der Waals surface area contributed by atoms with Crippen LogP contribution in [0.5, 0.6) is 0 Å². The molecule has 162 valence electrons. The molecule has 0 fully saturated rings. The first kappa shape index (κ1) is 23.7. The number of likely N-dealkylation sites (N-methyl/N-ethyl adjacent to an activating group) is 1. The van der Waals surface area contributed by atoms with E-state index in [0.29, 0.717) is 12.1 Å². The first-order valence-electron chi connectivity index (χ1n) is 9.39.